The van der Waals surface area contributed by atoms with E-state index in [1.807, 2.05) is 44.2 Å². The summed E-state index contributed by atoms with van der Waals surface area (Å²) in [5.41, 5.74) is 2.29. The van der Waals surface area contributed by atoms with Crippen LogP contribution in [0.1, 0.15) is 31.0 Å². The van der Waals surface area contributed by atoms with Crippen LogP contribution in [-0.2, 0) is 16.4 Å². The van der Waals surface area contributed by atoms with Crippen LogP contribution in [0, 0.1) is 0 Å². The summed E-state index contributed by atoms with van der Waals surface area (Å²) in [5.74, 6) is -0.537. The van der Waals surface area contributed by atoms with Gasteiger partial charge in [-0.1, -0.05) is 37.3 Å². The molecule has 150 valence electrons. The van der Waals surface area contributed by atoms with Crippen LogP contribution >= 0.6 is 11.5 Å². The van der Waals surface area contributed by atoms with Gasteiger partial charge in [-0.3, -0.25) is 9.29 Å². The van der Waals surface area contributed by atoms with Crippen LogP contribution < -0.4 is 10.5 Å². The fourth-order valence-corrected chi connectivity index (χ4v) is 5.24. The van der Waals surface area contributed by atoms with Gasteiger partial charge in [0.15, 0.2) is 5.58 Å². The molecule has 0 aliphatic rings. The molecule has 0 bridgehead atoms. The molecule has 2 heterocycles. The zero-order chi connectivity index (χ0) is 20.6. The predicted octanol–water partition coefficient (Wildman–Crippen LogP) is 3.42. The summed E-state index contributed by atoms with van der Waals surface area (Å²) >= 11 is 0.941. The first-order valence-corrected chi connectivity index (χ1v) is 11.2. The van der Waals surface area contributed by atoms with E-state index in [-0.39, 0.29) is 21.7 Å². The van der Waals surface area contributed by atoms with Crippen LogP contribution in [0.3, 0.4) is 0 Å². The van der Waals surface area contributed by atoms with Gasteiger partial charge in [-0.05, 0) is 30.5 Å². The highest BCUT2D eigenvalue weighted by Gasteiger charge is 2.24. The first kappa shape index (κ1) is 19.3. The van der Waals surface area contributed by atoms with Crippen molar-refractivity contribution in [3.8, 4) is 0 Å². The lowest BCUT2D eigenvalue weighted by Crippen LogP contribution is -2.19. The number of benzene rings is 2. The highest BCUT2D eigenvalue weighted by molar-refractivity contribution is 7.93. The lowest BCUT2D eigenvalue weighted by molar-refractivity contribution is 0.489. The molecule has 10 heteroatoms. The zero-order valence-electron chi connectivity index (χ0n) is 15.7. The number of oxazole rings is 1. The second kappa shape index (κ2) is 7.45. The molecule has 0 radical (unpaired) electrons. The third kappa shape index (κ3) is 3.56. The Morgan fingerprint density at radius 2 is 2.00 bits per heavy atom. The Labute approximate surface area is 171 Å². The number of rotatable bonds is 6. The van der Waals surface area contributed by atoms with Crippen LogP contribution in [0.25, 0.3) is 11.1 Å². The molecule has 1 unspecified atom stereocenters. The monoisotopic (exact) mass is 430 g/mol. The molecular weight excluding hydrogens is 412 g/mol. The van der Waals surface area contributed by atoms with Crippen LogP contribution in [0.15, 0.2) is 62.9 Å². The molecule has 0 saturated carbocycles. The molecule has 4 rings (SSSR count). The van der Waals surface area contributed by atoms with Crippen molar-refractivity contribution in [2.24, 2.45) is 0 Å². The molecule has 0 fully saturated rings. The third-order valence-electron chi connectivity index (χ3n) is 4.72. The maximum atomic E-state index is 12.9. The summed E-state index contributed by atoms with van der Waals surface area (Å²) in [6.07, 6.45) is 1.73. The second-order valence-corrected chi connectivity index (χ2v) is 8.89. The Kier molecular flexibility index (Phi) is 4.97. The number of nitrogens with one attached hydrogen (secondary N) is 1. The number of nitrogens with zero attached hydrogens (tertiary/aromatic N) is 3. The number of anilines is 1. The van der Waals surface area contributed by atoms with Crippen molar-refractivity contribution >= 4 is 37.8 Å². The molecule has 4 aromatic rings. The Morgan fingerprint density at radius 3 is 2.66 bits per heavy atom. The van der Waals surface area contributed by atoms with Gasteiger partial charge in [-0.2, -0.15) is 4.37 Å². The Hall–Kier alpha value is -2.98. The molecule has 1 atom stereocenters. The topological polar surface area (TPSA) is 107 Å². The van der Waals surface area contributed by atoms with Crippen molar-refractivity contribution in [1.29, 1.82) is 0 Å². The summed E-state index contributed by atoms with van der Waals surface area (Å²) in [6, 6.07) is 12.4. The maximum absolute atomic E-state index is 12.9. The van der Waals surface area contributed by atoms with Crippen LogP contribution in [-0.4, -0.2) is 22.3 Å². The van der Waals surface area contributed by atoms with Crippen molar-refractivity contribution in [2.75, 3.05) is 4.72 Å². The van der Waals surface area contributed by atoms with Crippen molar-refractivity contribution in [2.45, 2.75) is 31.2 Å². The molecule has 0 aliphatic carbocycles. The minimum absolute atomic E-state index is 0.0518. The fourth-order valence-electron chi connectivity index (χ4n) is 3.27. The Balaban J connectivity index is 1.85. The van der Waals surface area contributed by atoms with E-state index in [4.69, 9.17) is 4.42 Å². The molecule has 2 aromatic heterocycles. The molecule has 0 spiro atoms. The number of hydrogen-bond acceptors (Lipinski definition) is 7. The Bertz CT molecular complexity index is 1310. The third-order valence-corrected chi connectivity index (χ3v) is 6.85. The van der Waals surface area contributed by atoms with Gasteiger partial charge in [0.2, 0.25) is 5.13 Å². The molecular formula is C19H18N4O4S2. The number of aromatic nitrogens is 3. The van der Waals surface area contributed by atoms with E-state index in [0.29, 0.717) is 17.5 Å². The SMILES string of the molecule is CCc1cc2c(cc1S(=O)(=O)Nc1ncns1)oc(=O)n2C(C)c1ccccc1. The maximum Gasteiger partial charge on any atom is 0.420 e. The average molecular weight is 431 g/mol. The first-order valence-electron chi connectivity index (χ1n) is 8.93. The van der Waals surface area contributed by atoms with Crippen molar-refractivity contribution in [1.82, 2.24) is 13.9 Å². The predicted molar refractivity (Wildman–Crippen MR) is 111 cm³/mol. The average Bonchev–Trinajstić information content (AvgIpc) is 3.33. The van der Waals surface area contributed by atoms with Crippen molar-refractivity contribution in [3.63, 3.8) is 0 Å². The highest BCUT2D eigenvalue weighted by Crippen LogP contribution is 2.28. The number of hydrogen-bond donors (Lipinski definition) is 1. The van der Waals surface area contributed by atoms with E-state index in [2.05, 4.69) is 14.1 Å². The molecule has 0 amide bonds. The van der Waals surface area contributed by atoms with E-state index in [0.717, 1.165) is 17.1 Å². The smallest absolute Gasteiger partial charge is 0.408 e. The van der Waals surface area contributed by atoms with Crippen LogP contribution in [0.5, 0.6) is 0 Å². The Morgan fingerprint density at radius 1 is 1.24 bits per heavy atom. The normalized spacial score (nSPS) is 12.9. The van der Waals surface area contributed by atoms with E-state index < -0.39 is 15.8 Å². The standard InChI is InChI=1S/C19H18N4O4S2/c1-3-13-9-15-16(10-17(13)29(25,26)22-18-20-11-21-28-18)27-19(24)23(15)12(2)14-7-5-4-6-8-14/h4-12H,3H2,1-2H3,(H,20,21,22). The van der Waals surface area contributed by atoms with Crippen molar-refractivity contribution < 1.29 is 12.8 Å². The van der Waals surface area contributed by atoms with Gasteiger partial charge in [0.05, 0.1) is 16.5 Å². The molecule has 8 nitrogen and oxygen atoms in total. The minimum Gasteiger partial charge on any atom is -0.408 e. The lowest BCUT2D eigenvalue weighted by Gasteiger charge is -2.14. The largest absolute Gasteiger partial charge is 0.420 e. The lowest BCUT2D eigenvalue weighted by atomic mass is 10.1. The molecule has 2 aromatic carbocycles. The molecule has 0 aliphatic heterocycles. The second-order valence-electron chi connectivity index (χ2n) is 6.46. The van der Waals surface area contributed by atoms with E-state index in [1.165, 1.54) is 12.4 Å². The van der Waals surface area contributed by atoms with Gasteiger partial charge in [-0.25, -0.2) is 18.2 Å². The number of sulfonamides is 1. The molecule has 0 saturated heterocycles. The van der Waals surface area contributed by atoms with Crippen molar-refractivity contribution in [3.05, 3.63) is 70.5 Å². The fraction of sp³-hybridized carbons (Fsp3) is 0.211. The van der Waals surface area contributed by atoms with Gasteiger partial charge in [-0.15, -0.1) is 0 Å². The summed E-state index contributed by atoms with van der Waals surface area (Å²) in [4.78, 5) is 16.5. The summed E-state index contributed by atoms with van der Waals surface area (Å²) in [5, 5.41) is 0.170. The number of aryl methyl sites for hydroxylation is 1. The highest BCUT2D eigenvalue weighted by atomic mass is 32.2. The first-order chi connectivity index (χ1) is 13.9. The summed E-state index contributed by atoms with van der Waals surface area (Å²) < 4.78 is 38.9. The molecule has 29 heavy (non-hydrogen) atoms. The summed E-state index contributed by atoms with van der Waals surface area (Å²) in [7, 11) is -3.91. The van der Waals surface area contributed by atoms with Gasteiger partial charge < -0.3 is 4.42 Å². The van der Waals surface area contributed by atoms with Crippen LogP contribution in [0.2, 0.25) is 0 Å². The number of fused-ring (bicyclic) bond motifs is 1. The summed E-state index contributed by atoms with van der Waals surface area (Å²) in [6.45, 7) is 3.76. The van der Waals surface area contributed by atoms with E-state index in [1.54, 1.807) is 10.6 Å². The van der Waals surface area contributed by atoms with Gasteiger partial charge in [0, 0.05) is 17.6 Å². The van der Waals surface area contributed by atoms with E-state index in [9.17, 15) is 13.2 Å². The molecule has 1 N–H and O–H groups in total. The quantitative estimate of drug-likeness (QED) is 0.502. The van der Waals surface area contributed by atoms with E-state index >= 15 is 0 Å². The zero-order valence-corrected chi connectivity index (χ0v) is 17.3. The minimum atomic E-state index is -3.91. The van der Waals surface area contributed by atoms with Crippen LogP contribution in [0.4, 0.5) is 5.13 Å². The van der Waals surface area contributed by atoms with Gasteiger partial charge in [0.25, 0.3) is 10.0 Å². The van der Waals surface area contributed by atoms with Gasteiger partial charge >= 0.3 is 5.76 Å². The van der Waals surface area contributed by atoms with Gasteiger partial charge in [0.1, 0.15) is 6.33 Å².